The average molecular weight is 503 g/mol. The molecule has 4 aromatic rings. The van der Waals surface area contributed by atoms with Gasteiger partial charge < -0.3 is 9.47 Å². The Morgan fingerprint density at radius 3 is 1.74 bits per heavy atom. The summed E-state index contributed by atoms with van der Waals surface area (Å²) in [6, 6.07) is 37.9. The van der Waals surface area contributed by atoms with Gasteiger partial charge in [-0.15, -0.1) is 0 Å². The third kappa shape index (κ3) is 5.57. The predicted molar refractivity (Wildman–Crippen MR) is 151 cm³/mol. The van der Waals surface area contributed by atoms with Crippen LogP contribution in [0.15, 0.2) is 125 Å². The van der Waals surface area contributed by atoms with Crippen molar-refractivity contribution in [2.45, 2.75) is 24.9 Å². The van der Waals surface area contributed by atoms with Crippen LogP contribution in [0, 0.1) is 0 Å². The number of carbonyl (C=O) groups excluding carboxylic acids is 1. The van der Waals surface area contributed by atoms with Crippen molar-refractivity contribution in [2.75, 3.05) is 13.7 Å². The van der Waals surface area contributed by atoms with E-state index >= 15 is 0 Å². The van der Waals surface area contributed by atoms with Crippen LogP contribution in [0.5, 0.6) is 5.75 Å². The smallest absolute Gasteiger partial charge is 0.337 e. The number of ether oxygens (including phenoxy) is 2. The molecule has 0 spiro atoms. The highest BCUT2D eigenvalue weighted by molar-refractivity contribution is 6.54. The number of unbranched alkanes of at least 4 members (excludes halogenated alkanes) is 1. The molecule has 0 radical (unpaired) electrons. The first-order valence-corrected chi connectivity index (χ1v) is 12.9. The van der Waals surface area contributed by atoms with Crippen molar-refractivity contribution in [3.63, 3.8) is 0 Å². The summed E-state index contributed by atoms with van der Waals surface area (Å²) in [5.41, 5.74) is 4.85. The molecule has 5 rings (SSSR count). The van der Waals surface area contributed by atoms with Gasteiger partial charge in [0.1, 0.15) is 5.75 Å². The minimum absolute atomic E-state index is 0.356. The highest BCUT2D eigenvalue weighted by Crippen LogP contribution is 2.39. The first kappa shape index (κ1) is 25.2. The molecule has 0 atom stereocenters. The molecule has 5 heteroatoms. The summed E-state index contributed by atoms with van der Waals surface area (Å²) in [6.07, 6.45) is 2.49. The third-order valence-electron chi connectivity index (χ3n) is 6.61. The van der Waals surface area contributed by atoms with Gasteiger partial charge in [0.05, 0.1) is 30.7 Å². The van der Waals surface area contributed by atoms with E-state index in [0.717, 1.165) is 53.1 Å². The zero-order valence-electron chi connectivity index (χ0n) is 21.4. The van der Waals surface area contributed by atoms with Crippen LogP contribution in [0.25, 0.3) is 0 Å². The van der Waals surface area contributed by atoms with Gasteiger partial charge in [-0.1, -0.05) is 91.0 Å². The largest absolute Gasteiger partial charge is 0.494 e. The Bertz CT molecular complexity index is 1360. The third-order valence-corrected chi connectivity index (χ3v) is 6.61. The topological polar surface area (TPSA) is 60.2 Å². The lowest BCUT2D eigenvalue weighted by Crippen LogP contribution is -2.19. The lowest BCUT2D eigenvalue weighted by Gasteiger charge is -2.24. The number of rotatable bonds is 10. The monoisotopic (exact) mass is 502 g/mol. The van der Waals surface area contributed by atoms with Crippen LogP contribution in [0.4, 0.5) is 0 Å². The van der Waals surface area contributed by atoms with Crippen molar-refractivity contribution < 1.29 is 14.3 Å². The molecule has 1 aliphatic rings. The molecule has 1 heterocycles. The van der Waals surface area contributed by atoms with E-state index in [0.29, 0.717) is 12.2 Å². The highest BCUT2D eigenvalue weighted by atomic mass is 16.5. The van der Waals surface area contributed by atoms with E-state index in [4.69, 9.17) is 19.5 Å². The molecule has 0 saturated heterocycles. The first-order valence-electron chi connectivity index (χ1n) is 12.9. The van der Waals surface area contributed by atoms with Gasteiger partial charge in [-0.25, -0.2) is 14.8 Å². The zero-order chi connectivity index (χ0) is 26.2. The second kappa shape index (κ2) is 11.7. The number of carbonyl (C=O) groups is 1. The molecule has 0 unspecified atom stereocenters. The molecule has 0 fully saturated rings. The Morgan fingerprint density at radius 1 is 0.684 bits per heavy atom. The minimum atomic E-state index is -0.695. The van der Waals surface area contributed by atoms with E-state index in [2.05, 4.69) is 36.4 Å². The molecule has 0 bridgehead atoms. The van der Waals surface area contributed by atoms with Crippen molar-refractivity contribution in [1.82, 2.24) is 0 Å². The maximum Gasteiger partial charge on any atom is 0.337 e. The molecule has 1 aliphatic heterocycles. The SMILES string of the molecule is COC(=O)c1ccc(OCCCCC2(c3ccccc3)N=C(c3ccccc3)C(c3ccccc3)=N2)cc1. The standard InChI is InChI=1S/C33H30N2O3/c1-37-32(36)27-19-21-29(22-20-27)38-24-12-11-23-33(28-17-9-4-10-18-28)34-30(25-13-5-2-6-14-25)31(35-33)26-15-7-3-8-16-26/h2-10,13-22H,11-12,23-24H2,1H3. The number of hydrogen-bond donors (Lipinski definition) is 0. The van der Waals surface area contributed by atoms with Crippen LogP contribution in [-0.2, 0) is 10.4 Å². The number of nitrogens with zero attached hydrogens (tertiary/aromatic N) is 2. The summed E-state index contributed by atoms with van der Waals surface area (Å²) in [6.45, 7) is 0.562. The van der Waals surface area contributed by atoms with E-state index < -0.39 is 5.66 Å². The first-order chi connectivity index (χ1) is 18.7. The van der Waals surface area contributed by atoms with Gasteiger partial charge in [-0.05, 0) is 43.5 Å². The molecule has 0 aromatic heterocycles. The summed E-state index contributed by atoms with van der Waals surface area (Å²) < 4.78 is 10.7. The van der Waals surface area contributed by atoms with Crippen LogP contribution in [0.2, 0.25) is 0 Å². The van der Waals surface area contributed by atoms with Crippen LogP contribution < -0.4 is 4.74 Å². The lowest BCUT2D eigenvalue weighted by atomic mass is 9.95. The Kier molecular flexibility index (Phi) is 7.74. The fourth-order valence-corrected chi connectivity index (χ4v) is 4.65. The fraction of sp³-hybridized carbons (Fsp3) is 0.182. The van der Waals surface area contributed by atoms with Crippen LogP contribution >= 0.6 is 0 Å². The molecule has 0 amide bonds. The van der Waals surface area contributed by atoms with Crippen molar-refractivity contribution in [3.05, 3.63) is 138 Å². The number of aliphatic imine (C=N–C) groups is 2. The summed E-state index contributed by atoms with van der Waals surface area (Å²) in [7, 11) is 1.37. The maximum atomic E-state index is 11.6. The van der Waals surface area contributed by atoms with E-state index in [1.54, 1.807) is 24.3 Å². The van der Waals surface area contributed by atoms with Gasteiger partial charge in [0.25, 0.3) is 0 Å². The highest BCUT2D eigenvalue weighted by Gasteiger charge is 2.38. The minimum Gasteiger partial charge on any atom is -0.494 e. The normalized spacial score (nSPS) is 13.9. The summed E-state index contributed by atoms with van der Waals surface area (Å²) in [5, 5.41) is 0. The van der Waals surface area contributed by atoms with Gasteiger partial charge in [0, 0.05) is 16.7 Å². The average Bonchev–Trinajstić information content (AvgIpc) is 3.39. The Labute approximate surface area is 223 Å². The Hall–Kier alpha value is -4.51. The number of methoxy groups -OCH3 is 1. The van der Waals surface area contributed by atoms with Crippen molar-refractivity contribution in [3.8, 4) is 5.75 Å². The molecule has 0 N–H and O–H groups in total. The summed E-state index contributed by atoms with van der Waals surface area (Å²) in [5.74, 6) is 0.371. The molecular formula is C33H30N2O3. The molecular weight excluding hydrogens is 472 g/mol. The van der Waals surface area contributed by atoms with Crippen molar-refractivity contribution >= 4 is 17.4 Å². The van der Waals surface area contributed by atoms with Gasteiger partial charge in [0.2, 0.25) is 0 Å². The van der Waals surface area contributed by atoms with Gasteiger partial charge in [0.15, 0.2) is 5.66 Å². The quantitative estimate of drug-likeness (QED) is 0.176. The molecule has 190 valence electrons. The maximum absolute atomic E-state index is 11.6. The number of benzene rings is 4. The van der Waals surface area contributed by atoms with Gasteiger partial charge in [-0.3, -0.25) is 0 Å². The van der Waals surface area contributed by atoms with E-state index in [1.807, 2.05) is 54.6 Å². The van der Waals surface area contributed by atoms with Crippen molar-refractivity contribution in [2.24, 2.45) is 9.98 Å². The molecule has 0 aliphatic carbocycles. The van der Waals surface area contributed by atoms with E-state index in [1.165, 1.54) is 7.11 Å². The van der Waals surface area contributed by atoms with E-state index in [9.17, 15) is 4.79 Å². The number of hydrogen-bond acceptors (Lipinski definition) is 5. The van der Waals surface area contributed by atoms with Crippen LogP contribution in [0.3, 0.4) is 0 Å². The Morgan fingerprint density at radius 2 is 1.21 bits per heavy atom. The zero-order valence-corrected chi connectivity index (χ0v) is 21.4. The number of esters is 1. The second-order valence-corrected chi connectivity index (χ2v) is 9.16. The second-order valence-electron chi connectivity index (χ2n) is 9.16. The summed E-state index contributed by atoms with van der Waals surface area (Å²) in [4.78, 5) is 22.3. The van der Waals surface area contributed by atoms with Crippen LogP contribution in [-0.4, -0.2) is 31.1 Å². The summed E-state index contributed by atoms with van der Waals surface area (Å²) >= 11 is 0. The molecule has 0 saturated carbocycles. The van der Waals surface area contributed by atoms with E-state index in [-0.39, 0.29) is 5.97 Å². The fourth-order valence-electron chi connectivity index (χ4n) is 4.65. The predicted octanol–water partition coefficient (Wildman–Crippen LogP) is 6.87. The van der Waals surface area contributed by atoms with Gasteiger partial charge >= 0.3 is 5.97 Å². The Balaban J connectivity index is 1.36. The van der Waals surface area contributed by atoms with Crippen LogP contribution in [0.1, 0.15) is 46.3 Å². The molecule has 38 heavy (non-hydrogen) atoms. The molecule has 5 nitrogen and oxygen atoms in total. The van der Waals surface area contributed by atoms with Crippen molar-refractivity contribution in [1.29, 1.82) is 0 Å². The lowest BCUT2D eigenvalue weighted by molar-refractivity contribution is 0.0600. The molecule has 4 aromatic carbocycles. The van der Waals surface area contributed by atoms with Gasteiger partial charge in [-0.2, -0.15) is 0 Å².